The van der Waals surface area contributed by atoms with Crippen LogP contribution in [0.4, 0.5) is 13.2 Å². The number of alkyl halides is 2. The molecule has 2 aromatic carbocycles. The van der Waals surface area contributed by atoms with Crippen molar-refractivity contribution in [2.45, 2.75) is 39.3 Å². The average molecular weight is 521 g/mol. The summed E-state index contributed by atoms with van der Waals surface area (Å²) in [6.07, 6.45) is 3.29. The normalized spacial score (nSPS) is 15.9. The van der Waals surface area contributed by atoms with Crippen molar-refractivity contribution < 1.29 is 31.6 Å². The van der Waals surface area contributed by atoms with E-state index in [1.807, 2.05) is 0 Å². The highest BCUT2D eigenvalue weighted by atomic mass is 19.3. The van der Waals surface area contributed by atoms with Crippen molar-refractivity contribution in [3.63, 3.8) is 0 Å². The topological polar surface area (TPSA) is 81.6 Å². The van der Waals surface area contributed by atoms with Gasteiger partial charge in [-0.15, -0.1) is 0 Å². The van der Waals surface area contributed by atoms with Gasteiger partial charge in [0.2, 0.25) is 5.91 Å². The molecule has 0 bridgehead atoms. The zero-order chi connectivity index (χ0) is 26.6. The number of ether oxygens (including phenoxy) is 1. The van der Waals surface area contributed by atoms with Crippen LogP contribution in [-0.2, 0) is 11.3 Å². The molecule has 38 heavy (non-hydrogen) atoms. The first kappa shape index (κ1) is 24.0. The van der Waals surface area contributed by atoms with Crippen molar-refractivity contribution >= 4 is 27.8 Å². The summed E-state index contributed by atoms with van der Waals surface area (Å²) in [6, 6.07) is 9.75. The maximum absolute atomic E-state index is 15.1. The number of halogens is 3. The van der Waals surface area contributed by atoms with Gasteiger partial charge in [-0.2, -0.15) is 8.78 Å². The standard InChI is InChI=1S/C28H22F3N3O4/c1-14-25(15(2)38-33-14)16-3-4-17(21(29)9-16)12-34-13-18(10-24(34)35)19-5-6-22(37-28(30)31)27-26(19)20-7-8-32-11-23(20)36-27/h3-9,11,18,28H,10,12-13H2,1-2H3. The van der Waals surface area contributed by atoms with Crippen LogP contribution >= 0.6 is 0 Å². The van der Waals surface area contributed by atoms with E-state index in [2.05, 4.69) is 14.9 Å². The van der Waals surface area contributed by atoms with Crippen molar-refractivity contribution in [1.82, 2.24) is 15.0 Å². The molecule has 0 aliphatic carbocycles. The lowest BCUT2D eigenvalue weighted by atomic mass is 9.93. The zero-order valence-corrected chi connectivity index (χ0v) is 20.5. The number of amides is 1. The summed E-state index contributed by atoms with van der Waals surface area (Å²) >= 11 is 0. The van der Waals surface area contributed by atoms with E-state index in [0.717, 1.165) is 11.1 Å². The van der Waals surface area contributed by atoms with Crippen LogP contribution in [0.2, 0.25) is 0 Å². The van der Waals surface area contributed by atoms with E-state index in [4.69, 9.17) is 8.94 Å². The predicted octanol–water partition coefficient (Wildman–Crippen LogP) is 6.51. The monoisotopic (exact) mass is 521 g/mol. The first-order chi connectivity index (χ1) is 18.3. The Morgan fingerprint density at radius 3 is 2.76 bits per heavy atom. The molecule has 1 fully saturated rings. The van der Waals surface area contributed by atoms with E-state index in [-0.39, 0.29) is 36.1 Å². The highest BCUT2D eigenvalue weighted by Gasteiger charge is 2.33. The molecule has 1 unspecified atom stereocenters. The molecule has 6 rings (SSSR count). The number of aromatic nitrogens is 2. The molecule has 5 aromatic rings. The summed E-state index contributed by atoms with van der Waals surface area (Å²) in [5, 5.41) is 5.22. The molecule has 1 saturated heterocycles. The Bertz CT molecular complexity index is 1670. The number of hydrogen-bond donors (Lipinski definition) is 0. The fourth-order valence-electron chi connectivity index (χ4n) is 5.33. The lowest BCUT2D eigenvalue weighted by Gasteiger charge is -2.18. The Morgan fingerprint density at radius 1 is 1.18 bits per heavy atom. The van der Waals surface area contributed by atoms with Crippen molar-refractivity contribution in [3.05, 3.63) is 77.2 Å². The van der Waals surface area contributed by atoms with Gasteiger partial charge in [-0.3, -0.25) is 9.78 Å². The van der Waals surface area contributed by atoms with Gasteiger partial charge in [0.15, 0.2) is 16.9 Å². The minimum atomic E-state index is -3.02. The van der Waals surface area contributed by atoms with Crippen molar-refractivity contribution in [2.75, 3.05) is 6.54 Å². The van der Waals surface area contributed by atoms with Crippen LogP contribution < -0.4 is 4.74 Å². The van der Waals surface area contributed by atoms with Crippen molar-refractivity contribution in [2.24, 2.45) is 0 Å². The fourth-order valence-corrected chi connectivity index (χ4v) is 5.33. The molecule has 1 aliphatic heterocycles. The summed E-state index contributed by atoms with van der Waals surface area (Å²) in [5.74, 6) is -0.283. The Hall–Kier alpha value is -4.34. The lowest BCUT2D eigenvalue weighted by molar-refractivity contribution is -0.128. The van der Waals surface area contributed by atoms with Gasteiger partial charge in [0.05, 0.1) is 11.9 Å². The summed E-state index contributed by atoms with van der Waals surface area (Å²) < 4.78 is 56.9. The van der Waals surface area contributed by atoms with E-state index in [9.17, 15) is 13.6 Å². The van der Waals surface area contributed by atoms with Gasteiger partial charge < -0.3 is 18.6 Å². The van der Waals surface area contributed by atoms with Gasteiger partial charge in [0, 0.05) is 53.5 Å². The maximum Gasteiger partial charge on any atom is 0.387 e. The molecule has 4 heterocycles. The lowest BCUT2D eigenvalue weighted by Crippen LogP contribution is -2.25. The van der Waals surface area contributed by atoms with Gasteiger partial charge in [0.1, 0.15) is 11.6 Å². The van der Waals surface area contributed by atoms with E-state index < -0.39 is 12.4 Å². The Balaban J connectivity index is 1.30. The molecule has 194 valence electrons. The molecule has 0 radical (unpaired) electrons. The number of furan rings is 1. The van der Waals surface area contributed by atoms with Crippen LogP contribution in [0.25, 0.3) is 33.1 Å². The maximum atomic E-state index is 15.1. The summed E-state index contributed by atoms with van der Waals surface area (Å²) in [4.78, 5) is 18.6. The second-order valence-electron chi connectivity index (χ2n) is 9.39. The molecule has 1 aliphatic rings. The van der Waals surface area contributed by atoms with Gasteiger partial charge >= 0.3 is 6.61 Å². The summed E-state index contributed by atoms with van der Waals surface area (Å²) in [5.41, 5.74) is 3.85. The molecule has 0 spiro atoms. The minimum absolute atomic E-state index is 0.0865. The Morgan fingerprint density at radius 2 is 2.03 bits per heavy atom. The van der Waals surface area contributed by atoms with Crippen molar-refractivity contribution in [1.29, 1.82) is 0 Å². The third-order valence-electron chi connectivity index (χ3n) is 7.03. The fraction of sp³-hybridized carbons (Fsp3) is 0.250. The number of carbonyl (C=O) groups excluding carboxylic acids is 1. The second-order valence-corrected chi connectivity index (χ2v) is 9.39. The Labute approximate surface area is 214 Å². The summed E-state index contributed by atoms with van der Waals surface area (Å²) in [7, 11) is 0. The minimum Gasteiger partial charge on any atom is -0.451 e. The van der Waals surface area contributed by atoms with Gasteiger partial charge in [0.25, 0.3) is 0 Å². The number of benzene rings is 2. The van der Waals surface area contributed by atoms with Crippen LogP contribution in [0.5, 0.6) is 5.75 Å². The van der Waals surface area contributed by atoms with Crippen molar-refractivity contribution in [3.8, 4) is 16.9 Å². The third kappa shape index (κ3) is 4.06. The predicted molar refractivity (Wildman–Crippen MR) is 132 cm³/mol. The molecule has 0 N–H and O–H groups in total. The number of pyridine rings is 1. The smallest absolute Gasteiger partial charge is 0.387 e. The van der Waals surface area contributed by atoms with Crippen LogP contribution in [0, 0.1) is 19.7 Å². The van der Waals surface area contributed by atoms with Crippen LogP contribution in [-0.4, -0.2) is 34.1 Å². The van der Waals surface area contributed by atoms with E-state index in [1.165, 1.54) is 18.3 Å². The third-order valence-corrected chi connectivity index (χ3v) is 7.03. The van der Waals surface area contributed by atoms with Gasteiger partial charge in [-0.05, 0) is 43.2 Å². The highest BCUT2D eigenvalue weighted by Crippen LogP contribution is 2.42. The molecule has 3 aromatic heterocycles. The molecule has 1 amide bonds. The van der Waals surface area contributed by atoms with Crippen LogP contribution in [0.3, 0.4) is 0 Å². The van der Waals surface area contributed by atoms with Crippen LogP contribution in [0.15, 0.2) is 57.7 Å². The number of fused-ring (bicyclic) bond motifs is 3. The van der Waals surface area contributed by atoms with E-state index >= 15 is 4.39 Å². The summed E-state index contributed by atoms with van der Waals surface area (Å²) in [6.45, 7) is 0.995. The largest absolute Gasteiger partial charge is 0.451 e. The molecular weight excluding hydrogens is 499 g/mol. The first-order valence-electron chi connectivity index (χ1n) is 12.0. The second kappa shape index (κ2) is 9.20. The molecule has 0 saturated carbocycles. The first-order valence-corrected chi connectivity index (χ1v) is 12.0. The van der Waals surface area contributed by atoms with E-state index in [1.54, 1.807) is 49.2 Å². The molecule has 1 atom stereocenters. The van der Waals surface area contributed by atoms with Crippen LogP contribution in [0.1, 0.15) is 34.9 Å². The Kier molecular flexibility index (Phi) is 5.81. The number of likely N-dealkylation sites (tertiary alicyclic amines) is 1. The number of aryl methyl sites for hydroxylation is 2. The highest BCUT2D eigenvalue weighted by molar-refractivity contribution is 6.08. The number of nitrogens with zero attached hydrogens (tertiary/aromatic N) is 3. The van der Waals surface area contributed by atoms with Gasteiger partial charge in [-0.25, -0.2) is 4.39 Å². The zero-order valence-electron chi connectivity index (χ0n) is 20.5. The van der Waals surface area contributed by atoms with E-state index in [0.29, 0.717) is 45.5 Å². The molecule has 10 heteroatoms. The SMILES string of the molecule is Cc1noc(C)c1-c1ccc(CN2CC(c3ccc(OC(F)F)c4oc5cnccc5c34)CC2=O)c(F)c1. The number of rotatable bonds is 6. The molecule has 7 nitrogen and oxygen atoms in total. The molecular formula is C28H22F3N3O4. The van der Waals surface area contributed by atoms with Gasteiger partial charge in [-0.1, -0.05) is 23.4 Å². The average Bonchev–Trinajstić information content (AvgIpc) is 3.55. The number of carbonyl (C=O) groups is 1. The quantitative estimate of drug-likeness (QED) is 0.253. The number of hydrogen-bond acceptors (Lipinski definition) is 6.